The number of hydrogen-bond donors (Lipinski definition) is 1. The molecule has 0 aliphatic carbocycles. The van der Waals surface area contributed by atoms with Crippen molar-refractivity contribution in [3.63, 3.8) is 0 Å². The van der Waals surface area contributed by atoms with Crippen LogP contribution in [-0.4, -0.2) is 9.97 Å². The van der Waals surface area contributed by atoms with E-state index in [0.717, 1.165) is 24.4 Å². The number of aromatic amines is 1. The van der Waals surface area contributed by atoms with Gasteiger partial charge in [-0.25, -0.2) is 4.98 Å². The van der Waals surface area contributed by atoms with E-state index in [-0.39, 0.29) is 0 Å². The van der Waals surface area contributed by atoms with Crippen molar-refractivity contribution < 1.29 is 0 Å². The molecule has 1 N–H and O–H groups in total. The van der Waals surface area contributed by atoms with Gasteiger partial charge < -0.3 is 4.98 Å². The van der Waals surface area contributed by atoms with Crippen LogP contribution in [0.15, 0.2) is 60.7 Å². The molecule has 0 spiro atoms. The van der Waals surface area contributed by atoms with E-state index in [9.17, 15) is 0 Å². The van der Waals surface area contributed by atoms with Crippen LogP contribution in [0.3, 0.4) is 0 Å². The van der Waals surface area contributed by atoms with Gasteiger partial charge in [0.15, 0.2) is 0 Å². The van der Waals surface area contributed by atoms with E-state index in [1.807, 2.05) is 0 Å². The Morgan fingerprint density at radius 3 is 2.20 bits per heavy atom. The van der Waals surface area contributed by atoms with Gasteiger partial charge in [0.2, 0.25) is 0 Å². The molecule has 2 aromatic carbocycles. The van der Waals surface area contributed by atoms with E-state index in [0.29, 0.717) is 0 Å². The van der Waals surface area contributed by atoms with Crippen LogP contribution in [0.4, 0.5) is 0 Å². The number of benzene rings is 2. The maximum absolute atomic E-state index is 4.94. The van der Waals surface area contributed by atoms with Crippen molar-refractivity contribution in [2.45, 2.75) is 51.9 Å². The molecular formula is C23H28N2. The summed E-state index contributed by atoms with van der Waals surface area (Å²) in [6.07, 6.45) is 8.44. The molecule has 0 aliphatic heterocycles. The van der Waals surface area contributed by atoms with Gasteiger partial charge in [-0.15, -0.1) is 0 Å². The zero-order chi connectivity index (χ0) is 17.3. The molecular weight excluding hydrogens is 304 g/mol. The molecule has 0 fully saturated rings. The van der Waals surface area contributed by atoms with Crippen molar-refractivity contribution in [3.05, 3.63) is 77.7 Å². The molecule has 2 heteroatoms. The molecule has 1 heterocycles. The van der Waals surface area contributed by atoms with E-state index in [2.05, 4.69) is 72.6 Å². The largest absolute Gasteiger partial charge is 0.345 e. The lowest BCUT2D eigenvalue weighted by molar-refractivity contribution is 0.629. The Kier molecular flexibility index (Phi) is 6.44. The highest BCUT2D eigenvalue weighted by Crippen LogP contribution is 2.24. The molecule has 3 aromatic rings. The van der Waals surface area contributed by atoms with E-state index in [4.69, 9.17) is 4.98 Å². The lowest BCUT2D eigenvalue weighted by atomic mass is 10.1. The minimum atomic E-state index is 0.858. The topological polar surface area (TPSA) is 28.7 Å². The summed E-state index contributed by atoms with van der Waals surface area (Å²) in [5.41, 5.74) is 4.92. The first-order valence-electron chi connectivity index (χ1n) is 9.54. The number of imidazole rings is 1. The Morgan fingerprint density at radius 1 is 0.800 bits per heavy atom. The summed E-state index contributed by atoms with van der Waals surface area (Å²) >= 11 is 0. The quantitative estimate of drug-likeness (QED) is 0.466. The summed E-state index contributed by atoms with van der Waals surface area (Å²) in [7, 11) is 0. The Balaban J connectivity index is 1.76. The second-order valence-corrected chi connectivity index (χ2v) is 6.70. The first kappa shape index (κ1) is 17.5. The summed E-state index contributed by atoms with van der Waals surface area (Å²) < 4.78 is 0. The fraction of sp³-hybridized carbons (Fsp3) is 0.348. The van der Waals surface area contributed by atoms with Crippen LogP contribution in [0.25, 0.3) is 11.3 Å². The molecule has 130 valence electrons. The van der Waals surface area contributed by atoms with E-state index >= 15 is 0 Å². The number of unbranched alkanes of at least 4 members (excludes halogenated alkanes) is 4. The zero-order valence-electron chi connectivity index (χ0n) is 15.2. The summed E-state index contributed by atoms with van der Waals surface area (Å²) in [6.45, 7) is 2.26. The molecule has 0 atom stereocenters. The highest BCUT2D eigenvalue weighted by molar-refractivity contribution is 5.62. The van der Waals surface area contributed by atoms with E-state index in [1.54, 1.807) is 0 Å². The first-order chi connectivity index (χ1) is 12.4. The standard InChI is InChI=1S/C23H28N2/c1-2-3-4-5-12-17-21-23(20-15-10-7-11-16-20)25-22(24-21)18-19-13-8-6-9-14-19/h6-11,13-16H,2-5,12,17-18H2,1H3,(H,24,25). The van der Waals surface area contributed by atoms with Crippen LogP contribution in [0.1, 0.15) is 56.1 Å². The van der Waals surface area contributed by atoms with Crippen molar-refractivity contribution >= 4 is 0 Å². The van der Waals surface area contributed by atoms with Crippen molar-refractivity contribution in [1.29, 1.82) is 0 Å². The molecule has 0 unspecified atom stereocenters. The minimum absolute atomic E-state index is 0.858. The fourth-order valence-corrected chi connectivity index (χ4v) is 3.26. The van der Waals surface area contributed by atoms with Gasteiger partial charge in [-0.3, -0.25) is 0 Å². The van der Waals surface area contributed by atoms with Crippen LogP contribution in [0.5, 0.6) is 0 Å². The Morgan fingerprint density at radius 2 is 1.48 bits per heavy atom. The Hall–Kier alpha value is -2.35. The van der Waals surface area contributed by atoms with Gasteiger partial charge in [-0.1, -0.05) is 93.3 Å². The molecule has 0 bridgehead atoms. The van der Waals surface area contributed by atoms with Gasteiger partial charge >= 0.3 is 0 Å². The fourth-order valence-electron chi connectivity index (χ4n) is 3.26. The number of nitrogens with zero attached hydrogens (tertiary/aromatic N) is 1. The van der Waals surface area contributed by atoms with Crippen molar-refractivity contribution in [2.75, 3.05) is 0 Å². The number of nitrogens with one attached hydrogen (secondary N) is 1. The van der Waals surface area contributed by atoms with Gasteiger partial charge in [0.05, 0.1) is 5.69 Å². The predicted octanol–water partition coefficient (Wildman–Crippen LogP) is 6.18. The van der Waals surface area contributed by atoms with E-state index in [1.165, 1.54) is 48.9 Å². The summed E-state index contributed by atoms with van der Waals surface area (Å²) in [5, 5.41) is 0. The molecule has 3 rings (SSSR count). The number of rotatable bonds is 9. The van der Waals surface area contributed by atoms with Crippen molar-refractivity contribution in [2.24, 2.45) is 0 Å². The highest BCUT2D eigenvalue weighted by atomic mass is 14.9. The first-order valence-corrected chi connectivity index (χ1v) is 9.54. The third-order valence-electron chi connectivity index (χ3n) is 4.62. The normalized spacial score (nSPS) is 10.9. The van der Waals surface area contributed by atoms with Gasteiger partial charge in [0, 0.05) is 17.7 Å². The lowest BCUT2D eigenvalue weighted by Gasteiger charge is -2.03. The van der Waals surface area contributed by atoms with Crippen molar-refractivity contribution in [1.82, 2.24) is 9.97 Å². The van der Waals surface area contributed by atoms with E-state index < -0.39 is 0 Å². The average molecular weight is 332 g/mol. The maximum atomic E-state index is 4.94. The van der Waals surface area contributed by atoms with Gasteiger partial charge in [-0.05, 0) is 18.4 Å². The lowest BCUT2D eigenvalue weighted by Crippen LogP contribution is -1.92. The van der Waals surface area contributed by atoms with Crippen LogP contribution in [-0.2, 0) is 12.8 Å². The molecule has 0 aliphatic rings. The third kappa shape index (κ3) is 5.06. The molecule has 0 saturated heterocycles. The van der Waals surface area contributed by atoms with Gasteiger partial charge in [-0.2, -0.15) is 0 Å². The number of aryl methyl sites for hydroxylation is 1. The Labute approximate surface area is 151 Å². The maximum Gasteiger partial charge on any atom is 0.111 e. The van der Waals surface area contributed by atoms with Crippen LogP contribution >= 0.6 is 0 Å². The highest BCUT2D eigenvalue weighted by Gasteiger charge is 2.12. The van der Waals surface area contributed by atoms with Gasteiger partial charge in [0.25, 0.3) is 0 Å². The number of H-pyrrole nitrogens is 1. The predicted molar refractivity (Wildman–Crippen MR) is 106 cm³/mol. The smallest absolute Gasteiger partial charge is 0.111 e. The summed E-state index contributed by atoms with van der Waals surface area (Å²) in [4.78, 5) is 8.54. The zero-order valence-corrected chi connectivity index (χ0v) is 15.2. The monoisotopic (exact) mass is 332 g/mol. The minimum Gasteiger partial charge on any atom is -0.345 e. The molecule has 0 radical (unpaired) electrons. The van der Waals surface area contributed by atoms with Crippen LogP contribution in [0, 0.1) is 0 Å². The number of aromatic nitrogens is 2. The second-order valence-electron chi connectivity index (χ2n) is 6.70. The average Bonchev–Trinajstić information content (AvgIpc) is 3.06. The molecule has 0 saturated carbocycles. The number of hydrogen-bond acceptors (Lipinski definition) is 1. The van der Waals surface area contributed by atoms with Crippen molar-refractivity contribution in [3.8, 4) is 11.3 Å². The molecule has 2 nitrogen and oxygen atoms in total. The Bertz CT molecular complexity index is 744. The van der Waals surface area contributed by atoms with Crippen LogP contribution < -0.4 is 0 Å². The summed E-state index contributed by atoms with van der Waals surface area (Å²) in [6, 6.07) is 21.1. The van der Waals surface area contributed by atoms with Crippen LogP contribution in [0.2, 0.25) is 0 Å². The van der Waals surface area contributed by atoms with Gasteiger partial charge in [0.1, 0.15) is 5.82 Å². The summed E-state index contributed by atoms with van der Waals surface area (Å²) in [5.74, 6) is 1.06. The second kappa shape index (κ2) is 9.22. The molecule has 0 amide bonds. The molecule has 25 heavy (non-hydrogen) atoms. The SMILES string of the molecule is CCCCCCCc1[nH]c(Cc2ccccc2)nc1-c1ccccc1. The molecule has 1 aromatic heterocycles. The third-order valence-corrected chi connectivity index (χ3v) is 4.62.